The highest BCUT2D eigenvalue weighted by molar-refractivity contribution is 6.33. The first kappa shape index (κ1) is 17.3. The minimum Gasteiger partial charge on any atom is -0.369 e. The molecule has 114 valence electrons. The molecule has 0 saturated carbocycles. The number of likely N-dealkylation sites (N-methyl/N-ethyl adjacent to an activating group) is 1. The Labute approximate surface area is 128 Å². The normalized spacial score (nSPS) is 12.8. The molecule has 0 spiro atoms. The van der Waals surface area contributed by atoms with Crippen molar-refractivity contribution in [2.75, 3.05) is 45.7 Å². The monoisotopic (exact) mass is 297 g/mol. The Kier molecular flexibility index (Phi) is 7.35. The smallest absolute Gasteiger partial charge is 0.0642 e. The molecule has 0 radical (unpaired) electrons. The van der Waals surface area contributed by atoms with Crippen molar-refractivity contribution >= 4 is 17.3 Å². The van der Waals surface area contributed by atoms with Gasteiger partial charge in [0.2, 0.25) is 0 Å². The van der Waals surface area contributed by atoms with E-state index >= 15 is 0 Å². The van der Waals surface area contributed by atoms with Gasteiger partial charge in [-0.05, 0) is 52.2 Å². The molecule has 1 rings (SSSR count). The molecule has 1 aromatic rings. The van der Waals surface area contributed by atoms with E-state index in [1.165, 1.54) is 5.56 Å². The first-order valence-electron chi connectivity index (χ1n) is 7.36. The van der Waals surface area contributed by atoms with Crippen molar-refractivity contribution in [1.82, 2.24) is 10.2 Å². The average Bonchev–Trinajstić information content (AvgIpc) is 2.42. The minimum atomic E-state index is 0.322. The highest BCUT2D eigenvalue weighted by Crippen LogP contribution is 2.29. The molecule has 3 nitrogen and oxygen atoms in total. The molecule has 0 fully saturated rings. The van der Waals surface area contributed by atoms with Crippen LogP contribution in [0.15, 0.2) is 18.2 Å². The fourth-order valence-corrected chi connectivity index (χ4v) is 2.47. The maximum Gasteiger partial charge on any atom is 0.0642 e. The zero-order chi connectivity index (χ0) is 15.1. The second-order valence-electron chi connectivity index (χ2n) is 5.51. The molecule has 1 aromatic carbocycles. The van der Waals surface area contributed by atoms with E-state index in [2.05, 4.69) is 61.3 Å². The number of benzene rings is 1. The van der Waals surface area contributed by atoms with Gasteiger partial charge in [-0.25, -0.2) is 0 Å². The fourth-order valence-electron chi connectivity index (χ4n) is 2.16. The van der Waals surface area contributed by atoms with Gasteiger partial charge in [-0.3, -0.25) is 0 Å². The largest absolute Gasteiger partial charge is 0.369 e. The lowest BCUT2D eigenvalue weighted by molar-refractivity contribution is 0.413. The van der Waals surface area contributed by atoms with Crippen LogP contribution in [0.3, 0.4) is 0 Å². The second kappa shape index (κ2) is 8.50. The highest BCUT2D eigenvalue weighted by atomic mass is 35.5. The summed E-state index contributed by atoms with van der Waals surface area (Å²) >= 11 is 6.49. The van der Waals surface area contributed by atoms with Gasteiger partial charge in [-0.2, -0.15) is 0 Å². The van der Waals surface area contributed by atoms with E-state index in [1.807, 2.05) is 7.05 Å². The predicted molar refractivity (Wildman–Crippen MR) is 90.0 cm³/mol. The number of nitrogens with one attached hydrogen (secondary N) is 1. The van der Waals surface area contributed by atoms with Crippen LogP contribution in [0.1, 0.15) is 31.9 Å². The van der Waals surface area contributed by atoms with E-state index in [-0.39, 0.29) is 0 Å². The lowest BCUT2D eigenvalue weighted by Gasteiger charge is -2.27. The summed E-state index contributed by atoms with van der Waals surface area (Å²) in [5.41, 5.74) is 2.37. The predicted octanol–water partition coefficient (Wildman–Crippen LogP) is 3.40. The number of halogens is 1. The molecule has 0 saturated heterocycles. The van der Waals surface area contributed by atoms with Crippen LogP contribution in [0.2, 0.25) is 5.02 Å². The third-order valence-corrected chi connectivity index (χ3v) is 3.86. The van der Waals surface area contributed by atoms with E-state index in [4.69, 9.17) is 11.6 Å². The summed E-state index contributed by atoms with van der Waals surface area (Å²) in [6.07, 6.45) is 1.12. The first-order valence-corrected chi connectivity index (χ1v) is 7.73. The lowest BCUT2D eigenvalue weighted by atomic mass is 10.1. The van der Waals surface area contributed by atoms with Crippen LogP contribution in [-0.2, 0) is 0 Å². The summed E-state index contributed by atoms with van der Waals surface area (Å²) < 4.78 is 0. The molecule has 0 aromatic heterocycles. The molecule has 0 heterocycles. The third kappa shape index (κ3) is 4.97. The zero-order valence-electron chi connectivity index (χ0n) is 13.4. The van der Waals surface area contributed by atoms with Crippen LogP contribution in [0, 0.1) is 0 Å². The van der Waals surface area contributed by atoms with Crippen molar-refractivity contribution in [1.29, 1.82) is 0 Å². The summed E-state index contributed by atoms with van der Waals surface area (Å²) in [7, 11) is 6.17. The molecule has 20 heavy (non-hydrogen) atoms. The number of anilines is 1. The maximum absolute atomic E-state index is 6.49. The van der Waals surface area contributed by atoms with E-state index in [0.29, 0.717) is 6.04 Å². The summed E-state index contributed by atoms with van der Waals surface area (Å²) in [5, 5.41) is 4.09. The summed E-state index contributed by atoms with van der Waals surface area (Å²) in [5.74, 6) is 0. The van der Waals surface area contributed by atoms with Crippen molar-refractivity contribution < 1.29 is 0 Å². The van der Waals surface area contributed by atoms with Crippen LogP contribution in [0.4, 0.5) is 5.69 Å². The van der Waals surface area contributed by atoms with Gasteiger partial charge in [-0.1, -0.05) is 24.6 Å². The summed E-state index contributed by atoms with van der Waals surface area (Å²) in [6, 6.07) is 6.72. The van der Waals surface area contributed by atoms with Crippen molar-refractivity contribution in [3.63, 3.8) is 0 Å². The van der Waals surface area contributed by atoms with Gasteiger partial charge >= 0.3 is 0 Å². The van der Waals surface area contributed by atoms with Gasteiger partial charge in [0.05, 0.1) is 10.7 Å². The van der Waals surface area contributed by atoms with Crippen LogP contribution in [0.5, 0.6) is 0 Å². The van der Waals surface area contributed by atoms with Crippen molar-refractivity contribution in [3.05, 3.63) is 28.8 Å². The molecule has 1 atom stereocenters. The summed E-state index contributed by atoms with van der Waals surface area (Å²) in [4.78, 5) is 4.57. The summed E-state index contributed by atoms with van der Waals surface area (Å²) in [6.45, 7) is 7.41. The van der Waals surface area contributed by atoms with Crippen LogP contribution < -0.4 is 10.2 Å². The average molecular weight is 298 g/mol. The standard InChI is InChI=1S/C16H28ClN3/c1-6-9-20(11-10-19(4)5)16-8-7-14(12-15(16)17)13(2)18-3/h7-8,12-13,18H,6,9-11H2,1-5H3. The van der Waals surface area contributed by atoms with Gasteiger partial charge in [0.1, 0.15) is 0 Å². The van der Waals surface area contributed by atoms with E-state index < -0.39 is 0 Å². The Hall–Kier alpha value is -0.770. The molecule has 0 amide bonds. The lowest BCUT2D eigenvalue weighted by Crippen LogP contribution is -2.32. The maximum atomic E-state index is 6.49. The molecular formula is C16H28ClN3. The number of hydrogen-bond donors (Lipinski definition) is 1. The SMILES string of the molecule is CCCN(CCN(C)C)c1ccc(C(C)NC)cc1Cl. The Morgan fingerprint density at radius 1 is 1.20 bits per heavy atom. The first-order chi connectivity index (χ1) is 9.49. The zero-order valence-corrected chi connectivity index (χ0v) is 14.2. The van der Waals surface area contributed by atoms with Gasteiger partial charge in [-0.15, -0.1) is 0 Å². The Morgan fingerprint density at radius 2 is 1.90 bits per heavy atom. The van der Waals surface area contributed by atoms with Crippen LogP contribution in [0.25, 0.3) is 0 Å². The Balaban J connectivity index is 2.90. The number of hydrogen-bond acceptors (Lipinski definition) is 3. The Bertz CT molecular complexity index is 407. The van der Waals surface area contributed by atoms with Crippen molar-refractivity contribution in [2.45, 2.75) is 26.3 Å². The molecule has 1 N–H and O–H groups in total. The highest BCUT2D eigenvalue weighted by Gasteiger charge is 2.12. The van der Waals surface area contributed by atoms with Gasteiger partial charge in [0, 0.05) is 25.7 Å². The van der Waals surface area contributed by atoms with E-state index in [1.54, 1.807) is 0 Å². The van der Waals surface area contributed by atoms with Gasteiger partial charge in [0.25, 0.3) is 0 Å². The molecule has 0 aliphatic carbocycles. The number of rotatable bonds is 8. The quantitative estimate of drug-likeness (QED) is 0.793. The molecule has 0 aliphatic rings. The topological polar surface area (TPSA) is 18.5 Å². The van der Waals surface area contributed by atoms with E-state index in [0.717, 1.165) is 36.8 Å². The molecule has 1 unspecified atom stereocenters. The molecule has 0 aliphatic heterocycles. The van der Waals surface area contributed by atoms with Crippen LogP contribution >= 0.6 is 11.6 Å². The van der Waals surface area contributed by atoms with E-state index in [9.17, 15) is 0 Å². The third-order valence-electron chi connectivity index (χ3n) is 3.56. The molecular weight excluding hydrogens is 270 g/mol. The van der Waals surface area contributed by atoms with Crippen molar-refractivity contribution in [2.24, 2.45) is 0 Å². The van der Waals surface area contributed by atoms with Crippen molar-refractivity contribution in [3.8, 4) is 0 Å². The number of nitrogens with zero attached hydrogens (tertiary/aromatic N) is 2. The van der Waals surface area contributed by atoms with Crippen LogP contribution in [-0.4, -0.2) is 45.7 Å². The molecule has 4 heteroatoms. The fraction of sp³-hybridized carbons (Fsp3) is 0.625. The second-order valence-corrected chi connectivity index (χ2v) is 5.92. The Morgan fingerprint density at radius 3 is 2.40 bits per heavy atom. The molecule has 0 bridgehead atoms. The van der Waals surface area contributed by atoms with Gasteiger partial charge < -0.3 is 15.1 Å². The minimum absolute atomic E-state index is 0.322. The van der Waals surface area contributed by atoms with Gasteiger partial charge in [0.15, 0.2) is 0 Å².